The van der Waals surface area contributed by atoms with Crippen LogP contribution in [0.4, 0.5) is 5.69 Å². The number of anilines is 1. The lowest BCUT2D eigenvalue weighted by atomic mass is 10.1. The monoisotopic (exact) mass is 452 g/mol. The lowest BCUT2D eigenvalue weighted by Gasteiger charge is -2.10. The first-order chi connectivity index (χ1) is 14.0. The molecule has 2 amide bonds. The summed E-state index contributed by atoms with van der Waals surface area (Å²) >= 11 is 3.43. The van der Waals surface area contributed by atoms with Crippen molar-refractivity contribution in [1.82, 2.24) is 5.32 Å². The molecule has 6 heteroatoms. The van der Waals surface area contributed by atoms with Gasteiger partial charge in [0.05, 0.1) is 0 Å². The van der Waals surface area contributed by atoms with Crippen molar-refractivity contribution in [1.29, 1.82) is 0 Å². The third-order valence-corrected chi connectivity index (χ3v) is 5.09. The molecule has 3 rings (SSSR count). The third-order valence-electron chi connectivity index (χ3n) is 4.20. The second-order valence-electron chi connectivity index (χ2n) is 6.50. The summed E-state index contributed by atoms with van der Waals surface area (Å²) in [6, 6.07) is 22.0. The molecule has 2 N–H and O–H groups in total. The number of hydrogen-bond donors (Lipinski definition) is 2. The number of carbonyl (C=O) groups excluding carboxylic acids is 2. The molecule has 0 unspecified atom stereocenters. The van der Waals surface area contributed by atoms with Crippen molar-refractivity contribution in [3.05, 3.63) is 94.0 Å². The first-order valence-electron chi connectivity index (χ1n) is 9.12. The minimum atomic E-state index is -0.299. The molecule has 3 aromatic carbocycles. The number of carbonyl (C=O) groups is 2. The van der Waals surface area contributed by atoms with Crippen LogP contribution >= 0.6 is 15.9 Å². The molecular weight excluding hydrogens is 432 g/mol. The highest BCUT2D eigenvalue weighted by Gasteiger charge is 2.09. The van der Waals surface area contributed by atoms with E-state index in [4.69, 9.17) is 4.74 Å². The molecule has 0 aliphatic rings. The van der Waals surface area contributed by atoms with Crippen LogP contribution in [0.2, 0.25) is 0 Å². The van der Waals surface area contributed by atoms with Gasteiger partial charge in [-0.25, -0.2) is 0 Å². The van der Waals surface area contributed by atoms with Crippen LogP contribution in [-0.2, 0) is 11.3 Å². The highest BCUT2D eigenvalue weighted by molar-refractivity contribution is 9.10. The molecule has 0 radical (unpaired) electrons. The van der Waals surface area contributed by atoms with E-state index in [2.05, 4.69) is 26.6 Å². The Balaban J connectivity index is 1.53. The first kappa shape index (κ1) is 20.6. The number of halogens is 1. The van der Waals surface area contributed by atoms with Gasteiger partial charge in [0.2, 0.25) is 0 Å². The van der Waals surface area contributed by atoms with Crippen LogP contribution in [0.1, 0.15) is 21.5 Å². The van der Waals surface area contributed by atoms with E-state index in [0.717, 1.165) is 15.6 Å². The van der Waals surface area contributed by atoms with Crippen molar-refractivity contribution in [2.24, 2.45) is 0 Å². The van der Waals surface area contributed by atoms with Crippen LogP contribution in [0, 0.1) is 6.92 Å². The standard InChI is InChI=1S/C23H21BrN2O3/c1-16-12-20(10-11-21(16)24)29-15-22(27)26-19-9-5-8-18(13-19)23(28)25-14-17-6-3-2-4-7-17/h2-13H,14-15H2,1H3,(H,25,28)(H,26,27). The lowest BCUT2D eigenvalue weighted by Crippen LogP contribution is -2.23. The largest absolute Gasteiger partial charge is 0.484 e. The van der Waals surface area contributed by atoms with E-state index in [9.17, 15) is 9.59 Å². The lowest BCUT2D eigenvalue weighted by molar-refractivity contribution is -0.118. The fraction of sp³-hybridized carbons (Fsp3) is 0.130. The predicted octanol–water partition coefficient (Wildman–Crippen LogP) is 4.71. The maximum atomic E-state index is 12.4. The van der Waals surface area contributed by atoms with E-state index in [0.29, 0.717) is 23.5 Å². The minimum absolute atomic E-state index is 0.120. The number of benzene rings is 3. The highest BCUT2D eigenvalue weighted by Crippen LogP contribution is 2.21. The van der Waals surface area contributed by atoms with Crippen molar-refractivity contribution in [2.45, 2.75) is 13.5 Å². The van der Waals surface area contributed by atoms with Crippen LogP contribution in [0.15, 0.2) is 77.3 Å². The zero-order valence-corrected chi connectivity index (χ0v) is 17.5. The molecule has 0 saturated carbocycles. The van der Waals surface area contributed by atoms with Crippen LogP contribution in [0.5, 0.6) is 5.75 Å². The van der Waals surface area contributed by atoms with Gasteiger partial charge in [-0.15, -0.1) is 0 Å². The molecule has 0 spiro atoms. The normalized spacial score (nSPS) is 10.3. The summed E-state index contributed by atoms with van der Waals surface area (Å²) in [5.74, 6) is 0.119. The van der Waals surface area contributed by atoms with Crippen LogP contribution in [-0.4, -0.2) is 18.4 Å². The summed E-state index contributed by atoms with van der Waals surface area (Å²) in [6.07, 6.45) is 0. The molecule has 0 aliphatic heterocycles. The van der Waals surface area contributed by atoms with Gasteiger partial charge in [0.1, 0.15) is 5.75 Å². The second kappa shape index (κ2) is 9.89. The molecule has 0 bridgehead atoms. The van der Waals surface area contributed by atoms with E-state index < -0.39 is 0 Å². The van der Waals surface area contributed by atoms with E-state index in [1.54, 1.807) is 30.3 Å². The molecule has 0 fully saturated rings. The summed E-state index contributed by atoms with van der Waals surface area (Å²) in [6.45, 7) is 2.27. The zero-order chi connectivity index (χ0) is 20.6. The maximum absolute atomic E-state index is 12.4. The van der Waals surface area contributed by atoms with Crippen molar-refractivity contribution in [2.75, 3.05) is 11.9 Å². The number of hydrogen-bond acceptors (Lipinski definition) is 3. The van der Waals surface area contributed by atoms with Crippen molar-refractivity contribution >= 4 is 33.4 Å². The van der Waals surface area contributed by atoms with Gasteiger partial charge in [-0.3, -0.25) is 9.59 Å². The molecule has 0 saturated heterocycles. The Bertz CT molecular complexity index is 1010. The summed E-state index contributed by atoms with van der Waals surface area (Å²) in [5.41, 5.74) is 3.06. The Morgan fingerprint density at radius 2 is 1.76 bits per heavy atom. The van der Waals surface area contributed by atoms with Gasteiger partial charge in [-0.05, 0) is 54.4 Å². The van der Waals surface area contributed by atoms with Gasteiger partial charge < -0.3 is 15.4 Å². The van der Waals surface area contributed by atoms with Crippen molar-refractivity contribution < 1.29 is 14.3 Å². The Morgan fingerprint density at radius 1 is 0.966 bits per heavy atom. The summed E-state index contributed by atoms with van der Waals surface area (Å²) in [4.78, 5) is 24.6. The van der Waals surface area contributed by atoms with Crippen LogP contribution in [0.25, 0.3) is 0 Å². The molecule has 29 heavy (non-hydrogen) atoms. The first-order valence-corrected chi connectivity index (χ1v) is 9.91. The Kier molecular flexibility index (Phi) is 7.03. The molecule has 0 atom stereocenters. The predicted molar refractivity (Wildman–Crippen MR) is 117 cm³/mol. The molecule has 148 valence electrons. The van der Waals surface area contributed by atoms with Crippen molar-refractivity contribution in [3.8, 4) is 5.75 Å². The minimum Gasteiger partial charge on any atom is -0.484 e. The fourth-order valence-electron chi connectivity index (χ4n) is 2.67. The van der Waals surface area contributed by atoms with Gasteiger partial charge in [0.25, 0.3) is 11.8 Å². The van der Waals surface area contributed by atoms with E-state index in [1.807, 2.05) is 49.4 Å². The van der Waals surface area contributed by atoms with Crippen LogP contribution < -0.4 is 15.4 Å². The molecule has 3 aromatic rings. The van der Waals surface area contributed by atoms with E-state index >= 15 is 0 Å². The highest BCUT2D eigenvalue weighted by atomic mass is 79.9. The zero-order valence-electron chi connectivity index (χ0n) is 15.9. The van der Waals surface area contributed by atoms with Gasteiger partial charge in [-0.1, -0.05) is 52.3 Å². The van der Waals surface area contributed by atoms with Gasteiger partial charge in [-0.2, -0.15) is 0 Å². The van der Waals surface area contributed by atoms with E-state index in [-0.39, 0.29) is 18.4 Å². The quantitative estimate of drug-likeness (QED) is 0.545. The fourth-order valence-corrected chi connectivity index (χ4v) is 2.92. The average molecular weight is 453 g/mol. The van der Waals surface area contributed by atoms with E-state index in [1.165, 1.54) is 0 Å². The maximum Gasteiger partial charge on any atom is 0.262 e. The average Bonchev–Trinajstić information content (AvgIpc) is 2.74. The molecule has 5 nitrogen and oxygen atoms in total. The topological polar surface area (TPSA) is 67.4 Å². The SMILES string of the molecule is Cc1cc(OCC(=O)Nc2cccc(C(=O)NCc3ccccc3)c2)ccc1Br. The Morgan fingerprint density at radius 3 is 2.52 bits per heavy atom. The number of amides is 2. The molecule has 0 aliphatic carbocycles. The van der Waals surface area contributed by atoms with Crippen LogP contribution in [0.3, 0.4) is 0 Å². The number of rotatable bonds is 7. The second-order valence-corrected chi connectivity index (χ2v) is 7.35. The van der Waals surface area contributed by atoms with Gasteiger partial charge >= 0.3 is 0 Å². The molecule has 0 aromatic heterocycles. The summed E-state index contributed by atoms with van der Waals surface area (Å²) < 4.78 is 6.51. The number of aryl methyl sites for hydroxylation is 1. The van der Waals surface area contributed by atoms with Crippen molar-refractivity contribution in [3.63, 3.8) is 0 Å². The van der Waals surface area contributed by atoms with Gasteiger partial charge in [0, 0.05) is 22.3 Å². The summed E-state index contributed by atoms with van der Waals surface area (Å²) in [7, 11) is 0. The smallest absolute Gasteiger partial charge is 0.262 e. The number of ether oxygens (including phenoxy) is 1. The molecular formula is C23H21BrN2O3. The van der Waals surface area contributed by atoms with Gasteiger partial charge in [0.15, 0.2) is 6.61 Å². The Hall–Kier alpha value is -3.12. The third kappa shape index (κ3) is 6.19. The summed E-state index contributed by atoms with van der Waals surface area (Å²) in [5, 5.41) is 5.63. The Labute approximate surface area is 178 Å². The number of nitrogens with one attached hydrogen (secondary N) is 2. The molecule has 0 heterocycles.